The zero-order valence-electron chi connectivity index (χ0n) is 12.4. The molecule has 1 unspecified atom stereocenters. The Morgan fingerprint density at radius 3 is 2.81 bits per heavy atom. The van der Waals surface area contributed by atoms with E-state index in [1.54, 1.807) is 7.11 Å². The molecule has 1 aliphatic carbocycles. The van der Waals surface area contributed by atoms with Crippen molar-refractivity contribution in [2.45, 2.75) is 32.2 Å². The molecular formula is C18H20INO. The molecule has 2 aromatic rings. The number of ether oxygens (including phenoxy) is 1. The van der Waals surface area contributed by atoms with Gasteiger partial charge in [-0.25, -0.2) is 0 Å². The smallest absolute Gasteiger partial charge is 0.119 e. The Labute approximate surface area is 140 Å². The molecule has 1 N–H and O–H groups in total. The molecule has 2 nitrogen and oxygen atoms in total. The first-order valence-electron chi connectivity index (χ1n) is 7.37. The van der Waals surface area contributed by atoms with E-state index < -0.39 is 0 Å². The number of anilines is 1. The number of hydrogen-bond donors (Lipinski definition) is 1. The molecule has 0 amide bonds. The van der Waals surface area contributed by atoms with E-state index in [0.29, 0.717) is 6.04 Å². The number of benzene rings is 2. The van der Waals surface area contributed by atoms with Gasteiger partial charge in [0, 0.05) is 9.26 Å². The molecule has 3 rings (SSSR count). The molecule has 1 atom stereocenters. The number of fused-ring (bicyclic) bond motifs is 1. The summed E-state index contributed by atoms with van der Waals surface area (Å²) in [6, 6.07) is 13.4. The second-order valence-electron chi connectivity index (χ2n) is 5.62. The van der Waals surface area contributed by atoms with Crippen molar-refractivity contribution in [1.29, 1.82) is 0 Å². The molecule has 2 aromatic carbocycles. The molecule has 0 spiro atoms. The second kappa shape index (κ2) is 6.26. The van der Waals surface area contributed by atoms with Gasteiger partial charge in [-0.05, 0) is 89.7 Å². The van der Waals surface area contributed by atoms with Gasteiger partial charge in [-0.1, -0.05) is 12.1 Å². The monoisotopic (exact) mass is 393 g/mol. The topological polar surface area (TPSA) is 21.3 Å². The van der Waals surface area contributed by atoms with E-state index >= 15 is 0 Å². The molecule has 0 aromatic heterocycles. The van der Waals surface area contributed by atoms with E-state index in [4.69, 9.17) is 4.74 Å². The first kappa shape index (κ1) is 14.7. The summed E-state index contributed by atoms with van der Waals surface area (Å²) in [5.41, 5.74) is 5.36. The third-order valence-corrected chi connectivity index (χ3v) is 5.34. The van der Waals surface area contributed by atoms with Crippen LogP contribution < -0.4 is 10.1 Å². The highest BCUT2D eigenvalue weighted by molar-refractivity contribution is 14.1. The Morgan fingerprint density at radius 1 is 1.19 bits per heavy atom. The molecule has 0 saturated carbocycles. The fraction of sp³-hybridized carbons (Fsp3) is 0.333. The van der Waals surface area contributed by atoms with Crippen molar-refractivity contribution in [2.24, 2.45) is 0 Å². The molecule has 3 heteroatoms. The van der Waals surface area contributed by atoms with E-state index in [1.807, 2.05) is 0 Å². The van der Waals surface area contributed by atoms with Crippen molar-refractivity contribution in [1.82, 2.24) is 0 Å². The molecule has 0 aliphatic heterocycles. The van der Waals surface area contributed by atoms with E-state index in [-0.39, 0.29) is 0 Å². The van der Waals surface area contributed by atoms with E-state index in [9.17, 15) is 0 Å². The first-order valence-corrected chi connectivity index (χ1v) is 8.45. The zero-order chi connectivity index (χ0) is 14.8. The van der Waals surface area contributed by atoms with Crippen LogP contribution in [0.25, 0.3) is 0 Å². The lowest BCUT2D eigenvalue weighted by Crippen LogP contribution is -2.17. The van der Waals surface area contributed by atoms with Crippen LogP contribution in [0.2, 0.25) is 0 Å². The molecule has 0 fully saturated rings. The predicted octanol–water partition coefficient (Wildman–Crippen LogP) is 5.10. The molecule has 0 radical (unpaired) electrons. The minimum absolute atomic E-state index is 0.377. The van der Waals surface area contributed by atoms with Gasteiger partial charge in [-0.15, -0.1) is 0 Å². The summed E-state index contributed by atoms with van der Waals surface area (Å²) in [4.78, 5) is 0. The Kier molecular flexibility index (Phi) is 4.38. The number of methoxy groups -OCH3 is 1. The van der Waals surface area contributed by atoms with Crippen molar-refractivity contribution >= 4 is 28.3 Å². The van der Waals surface area contributed by atoms with Crippen LogP contribution >= 0.6 is 22.6 Å². The maximum absolute atomic E-state index is 5.38. The van der Waals surface area contributed by atoms with Crippen molar-refractivity contribution in [3.8, 4) is 5.75 Å². The quantitative estimate of drug-likeness (QED) is 0.733. The average molecular weight is 393 g/mol. The summed E-state index contributed by atoms with van der Waals surface area (Å²) < 4.78 is 6.69. The van der Waals surface area contributed by atoms with Crippen LogP contribution in [0, 0.1) is 10.5 Å². The fourth-order valence-corrected chi connectivity index (χ4v) is 3.45. The van der Waals surface area contributed by atoms with Crippen LogP contribution in [0.4, 0.5) is 5.69 Å². The average Bonchev–Trinajstić information content (AvgIpc) is 2.51. The lowest BCUT2D eigenvalue weighted by Gasteiger charge is -2.28. The van der Waals surface area contributed by atoms with Crippen molar-refractivity contribution in [3.63, 3.8) is 0 Å². The lowest BCUT2D eigenvalue weighted by atomic mass is 9.87. The Hall–Kier alpha value is -1.23. The van der Waals surface area contributed by atoms with E-state index in [1.165, 1.54) is 45.2 Å². The first-order chi connectivity index (χ1) is 10.2. The van der Waals surface area contributed by atoms with Gasteiger partial charge in [-0.3, -0.25) is 0 Å². The Balaban J connectivity index is 1.88. The zero-order valence-corrected chi connectivity index (χ0v) is 14.6. The summed E-state index contributed by atoms with van der Waals surface area (Å²) in [6.45, 7) is 2.15. The summed E-state index contributed by atoms with van der Waals surface area (Å²) >= 11 is 2.40. The van der Waals surface area contributed by atoms with Crippen molar-refractivity contribution < 1.29 is 4.74 Å². The van der Waals surface area contributed by atoms with Gasteiger partial charge in [-0.2, -0.15) is 0 Å². The van der Waals surface area contributed by atoms with Crippen LogP contribution in [0.5, 0.6) is 5.75 Å². The molecule has 0 heterocycles. The second-order valence-corrected chi connectivity index (χ2v) is 6.78. The summed E-state index contributed by atoms with van der Waals surface area (Å²) in [5.74, 6) is 0.945. The van der Waals surface area contributed by atoms with E-state index in [2.05, 4.69) is 71.2 Å². The van der Waals surface area contributed by atoms with Gasteiger partial charge in [0.2, 0.25) is 0 Å². The molecule has 1 aliphatic rings. The third kappa shape index (κ3) is 3.18. The van der Waals surface area contributed by atoms with Gasteiger partial charge in [0.15, 0.2) is 0 Å². The number of nitrogens with one attached hydrogen (secondary N) is 1. The maximum atomic E-state index is 5.38. The van der Waals surface area contributed by atoms with Gasteiger partial charge in [0.25, 0.3) is 0 Å². The van der Waals surface area contributed by atoms with E-state index in [0.717, 1.165) is 5.75 Å². The molecular weight excluding hydrogens is 373 g/mol. The van der Waals surface area contributed by atoms with Gasteiger partial charge < -0.3 is 10.1 Å². The molecule has 0 bridgehead atoms. The number of aryl methyl sites for hydroxylation is 2. The van der Waals surface area contributed by atoms with Gasteiger partial charge in [0.1, 0.15) is 5.75 Å². The highest BCUT2D eigenvalue weighted by Crippen LogP contribution is 2.35. The highest BCUT2D eigenvalue weighted by atomic mass is 127. The number of halogens is 1. The largest absolute Gasteiger partial charge is 0.497 e. The van der Waals surface area contributed by atoms with Crippen LogP contribution in [-0.2, 0) is 6.42 Å². The van der Waals surface area contributed by atoms with Crippen LogP contribution in [0.1, 0.15) is 35.6 Å². The normalized spacial score (nSPS) is 17.2. The standard InChI is InChI=1S/C18H20INO/c1-12-6-8-14(10-17(12)19)20-18-5-3-4-13-7-9-15(21-2)11-16(13)18/h6-11,18,20H,3-5H2,1-2H3. The molecule has 21 heavy (non-hydrogen) atoms. The predicted molar refractivity (Wildman–Crippen MR) is 96.2 cm³/mol. The summed E-state index contributed by atoms with van der Waals surface area (Å²) in [7, 11) is 1.73. The summed E-state index contributed by atoms with van der Waals surface area (Å²) in [6.07, 6.45) is 3.58. The van der Waals surface area contributed by atoms with Gasteiger partial charge in [0.05, 0.1) is 13.2 Å². The fourth-order valence-electron chi connectivity index (χ4n) is 2.94. The maximum Gasteiger partial charge on any atom is 0.119 e. The third-order valence-electron chi connectivity index (χ3n) is 4.18. The number of hydrogen-bond acceptors (Lipinski definition) is 2. The van der Waals surface area contributed by atoms with Crippen LogP contribution in [-0.4, -0.2) is 7.11 Å². The molecule has 0 saturated heterocycles. The Morgan fingerprint density at radius 2 is 2.05 bits per heavy atom. The lowest BCUT2D eigenvalue weighted by molar-refractivity contribution is 0.413. The minimum Gasteiger partial charge on any atom is -0.497 e. The van der Waals surface area contributed by atoms with Crippen molar-refractivity contribution in [2.75, 3.05) is 12.4 Å². The highest BCUT2D eigenvalue weighted by Gasteiger charge is 2.20. The van der Waals surface area contributed by atoms with Crippen LogP contribution in [0.15, 0.2) is 36.4 Å². The van der Waals surface area contributed by atoms with Crippen molar-refractivity contribution in [3.05, 3.63) is 56.7 Å². The minimum atomic E-state index is 0.377. The number of rotatable bonds is 3. The SMILES string of the molecule is COc1ccc2c(c1)C(Nc1ccc(C)c(I)c1)CCC2. The van der Waals surface area contributed by atoms with Gasteiger partial charge >= 0.3 is 0 Å². The molecule has 110 valence electrons. The van der Waals surface area contributed by atoms with Crippen LogP contribution in [0.3, 0.4) is 0 Å². The summed E-state index contributed by atoms with van der Waals surface area (Å²) in [5, 5.41) is 3.70. The Bertz CT molecular complexity index is 654.